The van der Waals surface area contributed by atoms with Crippen molar-refractivity contribution >= 4 is 28.7 Å². The number of hydrazone groups is 1. The van der Waals surface area contributed by atoms with Gasteiger partial charge in [0.25, 0.3) is 0 Å². The molecule has 0 saturated carbocycles. The Balaban J connectivity index is 1.89. The Hall–Kier alpha value is -1.62. The van der Waals surface area contributed by atoms with E-state index in [4.69, 9.17) is 12.2 Å². The van der Waals surface area contributed by atoms with Crippen LogP contribution in [0.5, 0.6) is 0 Å². The maximum Gasteiger partial charge on any atom is 0.186 e. The SMILES string of the molecule is CCCCNC(=S)NN=C(C)c1ccc(N2CCCCCC2)cc1. The average Bonchev–Trinajstić information content (AvgIpc) is 2.89. The Morgan fingerprint density at radius 2 is 1.79 bits per heavy atom. The molecule has 1 saturated heterocycles. The predicted molar refractivity (Wildman–Crippen MR) is 108 cm³/mol. The Morgan fingerprint density at radius 3 is 2.42 bits per heavy atom. The largest absolute Gasteiger partial charge is 0.372 e. The first-order chi connectivity index (χ1) is 11.7. The molecule has 0 amide bonds. The first-order valence-electron chi connectivity index (χ1n) is 9.14. The Morgan fingerprint density at radius 1 is 1.12 bits per heavy atom. The van der Waals surface area contributed by atoms with Gasteiger partial charge in [0.15, 0.2) is 5.11 Å². The van der Waals surface area contributed by atoms with Crippen molar-refractivity contribution in [2.24, 2.45) is 5.10 Å². The van der Waals surface area contributed by atoms with Crippen LogP contribution in [0, 0.1) is 0 Å². The molecule has 1 aromatic carbocycles. The number of thiocarbonyl (C=S) groups is 1. The molecule has 1 fully saturated rings. The minimum atomic E-state index is 0.587. The first kappa shape index (κ1) is 18.7. The van der Waals surface area contributed by atoms with Crippen molar-refractivity contribution in [2.45, 2.75) is 52.4 Å². The lowest BCUT2D eigenvalue weighted by molar-refractivity contribution is 0.726. The number of benzene rings is 1. The molecule has 5 heteroatoms. The number of unbranched alkanes of at least 4 members (excludes halogenated alkanes) is 1. The summed E-state index contributed by atoms with van der Waals surface area (Å²) in [6.45, 7) is 7.40. The summed E-state index contributed by atoms with van der Waals surface area (Å²) in [6, 6.07) is 8.71. The third kappa shape index (κ3) is 6.11. The highest BCUT2D eigenvalue weighted by molar-refractivity contribution is 7.80. The van der Waals surface area contributed by atoms with Gasteiger partial charge in [-0.05, 0) is 56.1 Å². The number of rotatable bonds is 6. The highest BCUT2D eigenvalue weighted by Crippen LogP contribution is 2.20. The van der Waals surface area contributed by atoms with E-state index in [1.807, 2.05) is 6.92 Å². The summed E-state index contributed by atoms with van der Waals surface area (Å²) in [5.41, 5.74) is 6.31. The zero-order chi connectivity index (χ0) is 17.2. The fourth-order valence-electron chi connectivity index (χ4n) is 2.86. The molecule has 1 aliphatic heterocycles. The van der Waals surface area contributed by atoms with Crippen molar-refractivity contribution in [1.82, 2.24) is 10.7 Å². The molecule has 0 unspecified atom stereocenters. The van der Waals surface area contributed by atoms with Crippen molar-refractivity contribution in [3.05, 3.63) is 29.8 Å². The van der Waals surface area contributed by atoms with Gasteiger partial charge in [0.05, 0.1) is 5.71 Å². The summed E-state index contributed by atoms with van der Waals surface area (Å²) in [7, 11) is 0. The van der Waals surface area contributed by atoms with Gasteiger partial charge in [0, 0.05) is 25.3 Å². The molecule has 2 rings (SSSR count). The third-order valence-electron chi connectivity index (χ3n) is 4.40. The fourth-order valence-corrected chi connectivity index (χ4v) is 3.01. The molecule has 1 aliphatic rings. The molecular formula is C19H30N4S. The molecule has 0 radical (unpaired) electrons. The van der Waals surface area contributed by atoms with Crippen molar-refractivity contribution in [2.75, 3.05) is 24.5 Å². The summed E-state index contributed by atoms with van der Waals surface area (Å²) in [5, 5.41) is 8.12. The lowest BCUT2D eigenvalue weighted by Gasteiger charge is -2.22. The van der Waals surface area contributed by atoms with E-state index in [0.717, 1.165) is 30.7 Å². The lowest BCUT2D eigenvalue weighted by atomic mass is 10.1. The molecule has 1 heterocycles. The summed E-state index contributed by atoms with van der Waals surface area (Å²) in [4.78, 5) is 2.49. The van der Waals surface area contributed by atoms with E-state index >= 15 is 0 Å². The number of hydrogen-bond acceptors (Lipinski definition) is 3. The van der Waals surface area contributed by atoms with Crippen molar-refractivity contribution in [3.63, 3.8) is 0 Å². The van der Waals surface area contributed by atoms with Crippen LogP contribution in [0.3, 0.4) is 0 Å². The monoisotopic (exact) mass is 346 g/mol. The summed E-state index contributed by atoms with van der Waals surface area (Å²) in [6.07, 6.45) is 7.59. The Bertz CT molecular complexity index is 531. The van der Waals surface area contributed by atoms with Crippen molar-refractivity contribution < 1.29 is 0 Å². The van der Waals surface area contributed by atoms with E-state index in [1.165, 1.54) is 44.5 Å². The average molecular weight is 347 g/mol. The minimum absolute atomic E-state index is 0.587. The highest BCUT2D eigenvalue weighted by Gasteiger charge is 2.09. The Labute approximate surface area is 151 Å². The van der Waals surface area contributed by atoms with Gasteiger partial charge in [-0.25, -0.2) is 0 Å². The van der Waals surface area contributed by atoms with Crippen LogP contribution in [0.15, 0.2) is 29.4 Å². The minimum Gasteiger partial charge on any atom is -0.372 e. The van der Waals surface area contributed by atoms with E-state index in [9.17, 15) is 0 Å². The number of nitrogens with zero attached hydrogens (tertiary/aromatic N) is 2. The van der Waals surface area contributed by atoms with Gasteiger partial charge in [-0.1, -0.05) is 38.3 Å². The number of hydrogen-bond donors (Lipinski definition) is 2. The van der Waals surface area contributed by atoms with Crippen LogP contribution in [0.25, 0.3) is 0 Å². The summed E-state index contributed by atoms with van der Waals surface area (Å²) >= 11 is 5.22. The molecule has 0 atom stereocenters. The molecule has 0 aromatic heterocycles. The second-order valence-electron chi connectivity index (χ2n) is 6.37. The number of anilines is 1. The molecule has 0 spiro atoms. The third-order valence-corrected chi connectivity index (χ3v) is 4.63. The zero-order valence-electron chi connectivity index (χ0n) is 15.0. The van der Waals surface area contributed by atoms with E-state index in [-0.39, 0.29) is 0 Å². The Kier molecular flexibility index (Phi) is 8.02. The quantitative estimate of drug-likeness (QED) is 0.353. The van der Waals surface area contributed by atoms with Crippen LogP contribution in [-0.4, -0.2) is 30.5 Å². The normalized spacial score (nSPS) is 15.8. The van der Waals surface area contributed by atoms with E-state index < -0.39 is 0 Å². The maximum atomic E-state index is 5.22. The molecule has 1 aromatic rings. The second-order valence-corrected chi connectivity index (χ2v) is 6.77. The van der Waals surface area contributed by atoms with E-state index in [0.29, 0.717) is 5.11 Å². The molecule has 132 valence electrons. The fraction of sp³-hybridized carbons (Fsp3) is 0.579. The molecule has 2 N–H and O–H groups in total. The maximum absolute atomic E-state index is 5.22. The van der Waals surface area contributed by atoms with Crippen LogP contribution in [0.2, 0.25) is 0 Å². The molecule has 4 nitrogen and oxygen atoms in total. The van der Waals surface area contributed by atoms with Gasteiger partial charge >= 0.3 is 0 Å². The van der Waals surface area contributed by atoms with Gasteiger partial charge in [0.1, 0.15) is 0 Å². The van der Waals surface area contributed by atoms with Crippen LogP contribution in [0.1, 0.15) is 57.9 Å². The predicted octanol–water partition coefficient (Wildman–Crippen LogP) is 4.06. The van der Waals surface area contributed by atoms with Crippen molar-refractivity contribution in [3.8, 4) is 0 Å². The summed E-state index contributed by atoms with van der Waals surface area (Å²) < 4.78 is 0. The van der Waals surface area contributed by atoms with Gasteiger partial charge < -0.3 is 10.2 Å². The smallest absolute Gasteiger partial charge is 0.186 e. The van der Waals surface area contributed by atoms with Crippen LogP contribution in [-0.2, 0) is 0 Å². The summed E-state index contributed by atoms with van der Waals surface area (Å²) in [5.74, 6) is 0. The molecule has 24 heavy (non-hydrogen) atoms. The van der Waals surface area contributed by atoms with Crippen LogP contribution in [0.4, 0.5) is 5.69 Å². The highest BCUT2D eigenvalue weighted by atomic mass is 32.1. The van der Waals surface area contributed by atoms with E-state index in [2.05, 4.69) is 51.9 Å². The van der Waals surface area contributed by atoms with Crippen LogP contribution >= 0.6 is 12.2 Å². The van der Waals surface area contributed by atoms with Gasteiger partial charge in [-0.3, -0.25) is 5.43 Å². The van der Waals surface area contributed by atoms with Gasteiger partial charge in [0.2, 0.25) is 0 Å². The molecular weight excluding hydrogens is 316 g/mol. The molecule has 0 aliphatic carbocycles. The first-order valence-corrected chi connectivity index (χ1v) is 9.55. The topological polar surface area (TPSA) is 39.7 Å². The standard InChI is InChI=1S/C19H30N4S/c1-3-4-13-20-19(24)22-21-16(2)17-9-11-18(12-10-17)23-14-7-5-6-8-15-23/h9-12H,3-8,13-15H2,1-2H3,(H2,20,22,24). The number of nitrogens with one attached hydrogen (secondary N) is 2. The molecule has 0 bridgehead atoms. The zero-order valence-corrected chi connectivity index (χ0v) is 15.8. The lowest BCUT2D eigenvalue weighted by Crippen LogP contribution is -2.33. The van der Waals surface area contributed by atoms with Crippen LogP contribution < -0.4 is 15.6 Å². The van der Waals surface area contributed by atoms with Gasteiger partial charge in [-0.2, -0.15) is 5.10 Å². The van der Waals surface area contributed by atoms with E-state index in [1.54, 1.807) is 0 Å². The van der Waals surface area contributed by atoms with Gasteiger partial charge in [-0.15, -0.1) is 0 Å². The van der Waals surface area contributed by atoms with Crippen molar-refractivity contribution in [1.29, 1.82) is 0 Å². The second kappa shape index (κ2) is 10.3.